The minimum atomic E-state index is -3.87. The lowest BCUT2D eigenvalue weighted by molar-refractivity contribution is -0.130. The van der Waals surface area contributed by atoms with Gasteiger partial charge in [-0.1, -0.05) is 25.3 Å². The van der Waals surface area contributed by atoms with Gasteiger partial charge in [0.2, 0.25) is 15.9 Å². The fourth-order valence-corrected chi connectivity index (χ4v) is 6.40. The Balaban J connectivity index is 1.66. The van der Waals surface area contributed by atoms with Crippen LogP contribution in [0.25, 0.3) is 22.2 Å². The van der Waals surface area contributed by atoms with Crippen LogP contribution in [0.4, 0.5) is 0 Å². The third kappa shape index (κ3) is 5.00. The summed E-state index contributed by atoms with van der Waals surface area (Å²) in [7, 11) is -3.87. The maximum atomic E-state index is 13.4. The molecule has 3 heterocycles. The van der Waals surface area contributed by atoms with Crippen LogP contribution in [-0.4, -0.2) is 47.5 Å². The molecule has 2 aromatic heterocycles. The molecule has 8 nitrogen and oxygen atoms in total. The number of amides is 2. The number of likely N-dealkylation sites (tertiary alicyclic amines) is 1. The van der Waals surface area contributed by atoms with Gasteiger partial charge >= 0.3 is 0 Å². The van der Waals surface area contributed by atoms with Crippen LogP contribution >= 0.6 is 0 Å². The van der Waals surface area contributed by atoms with E-state index in [9.17, 15) is 18.0 Å². The molecule has 1 aliphatic carbocycles. The van der Waals surface area contributed by atoms with Gasteiger partial charge in [0.05, 0.1) is 28.5 Å². The van der Waals surface area contributed by atoms with Gasteiger partial charge in [0.1, 0.15) is 6.54 Å². The summed E-state index contributed by atoms with van der Waals surface area (Å²) in [5, 5.41) is 0.998. The van der Waals surface area contributed by atoms with Crippen LogP contribution in [0.5, 0.6) is 0 Å². The SMILES string of the molecule is CC(C)(C)S(=O)(=O)NC(=O)c1ccc2c(C3CCCCC3)c(-c3ccoc3)n(CC(=O)N3CCCC3)c2c1. The first kappa shape index (κ1) is 26.5. The second-order valence-corrected chi connectivity index (χ2v) is 14.0. The summed E-state index contributed by atoms with van der Waals surface area (Å²) >= 11 is 0. The predicted molar refractivity (Wildman–Crippen MR) is 147 cm³/mol. The van der Waals surface area contributed by atoms with Crippen LogP contribution in [-0.2, 0) is 21.4 Å². The number of hydrogen-bond acceptors (Lipinski definition) is 5. The van der Waals surface area contributed by atoms with Crippen molar-refractivity contribution in [2.45, 2.75) is 82.9 Å². The van der Waals surface area contributed by atoms with Crippen molar-refractivity contribution in [3.8, 4) is 11.3 Å². The normalized spacial score (nSPS) is 17.3. The monoisotopic (exact) mass is 539 g/mol. The number of nitrogens with zero attached hydrogens (tertiary/aromatic N) is 2. The summed E-state index contributed by atoms with van der Waals surface area (Å²) in [6.45, 7) is 6.31. The first-order chi connectivity index (χ1) is 18.1. The van der Waals surface area contributed by atoms with E-state index < -0.39 is 20.7 Å². The van der Waals surface area contributed by atoms with Gasteiger partial charge in [0, 0.05) is 29.6 Å². The topological polar surface area (TPSA) is 102 Å². The van der Waals surface area contributed by atoms with Gasteiger partial charge in [-0.15, -0.1) is 0 Å². The molecule has 0 unspecified atom stereocenters. The lowest BCUT2D eigenvalue weighted by atomic mass is 9.82. The Morgan fingerprint density at radius 3 is 2.37 bits per heavy atom. The molecule has 38 heavy (non-hydrogen) atoms. The highest BCUT2D eigenvalue weighted by Crippen LogP contribution is 2.44. The Kier molecular flexibility index (Phi) is 7.15. The molecule has 0 bridgehead atoms. The van der Waals surface area contributed by atoms with Crippen LogP contribution in [0.1, 0.15) is 87.6 Å². The Labute approximate surface area is 224 Å². The van der Waals surface area contributed by atoms with Crippen molar-refractivity contribution in [3.05, 3.63) is 47.9 Å². The molecule has 1 aromatic carbocycles. The third-order valence-corrected chi connectivity index (χ3v) is 10.0. The van der Waals surface area contributed by atoms with E-state index in [1.165, 1.54) is 12.0 Å². The Bertz CT molecular complexity index is 1440. The number of rotatable bonds is 6. The lowest BCUT2D eigenvalue weighted by Gasteiger charge is -2.23. The van der Waals surface area contributed by atoms with Crippen molar-refractivity contribution >= 4 is 32.7 Å². The largest absolute Gasteiger partial charge is 0.472 e. The van der Waals surface area contributed by atoms with Crippen LogP contribution in [0.15, 0.2) is 41.2 Å². The first-order valence-electron chi connectivity index (χ1n) is 13.6. The zero-order valence-electron chi connectivity index (χ0n) is 22.5. The lowest BCUT2D eigenvalue weighted by Crippen LogP contribution is -2.42. The maximum Gasteiger partial charge on any atom is 0.264 e. The number of nitrogens with one attached hydrogen (secondary N) is 1. The van der Waals surface area contributed by atoms with Crippen molar-refractivity contribution in [2.24, 2.45) is 0 Å². The van der Waals surface area contributed by atoms with Gasteiger partial charge in [-0.2, -0.15) is 0 Å². The molecule has 9 heteroatoms. The number of hydrogen-bond donors (Lipinski definition) is 1. The molecular weight excluding hydrogens is 502 g/mol. The van der Waals surface area contributed by atoms with Crippen molar-refractivity contribution in [1.29, 1.82) is 0 Å². The van der Waals surface area contributed by atoms with E-state index in [1.54, 1.807) is 45.4 Å². The zero-order valence-corrected chi connectivity index (χ0v) is 23.3. The minimum Gasteiger partial charge on any atom is -0.472 e. The van der Waals surface area contributed by atoms with Gasteiger partial charge in [-0.05, 0) is 76.1 Å². The molecule has 0 radical (unpaired) electrons. The average Bonchev–Trinajstić information content (AvgIpc) is 3.64. The van der Waals surface area contributed by atoms with Crippen molar-refractivity contribution < 1.29 is 22.4 Å². The van der Waals surface area contributed by atoms with E-state index in [1.807, 2.05) is 21.6 Å². The number of carbonyl (C=O) groups is 2. The van der Waals surface area contributed by atoms with Crippen LogP contribution < -0.4 is 4.72 Å². The Morgan fingerprint density at radius 2 is 1.74 bits per heavy atom. The van der Waals surface area contributed by atoms with Gasteiger partial charge in [0.15, 0.2) is 0 Å². The number of furan rings is 1. The molecule has 2 amide bonds. The molecule has 0 spiro atoms. The minimum absolute atomic E-state index is 0.0458. The Hall–Kier alpha value is -3.07. The molecule has 0 atom stereocenters. The van der Waals surface area contributed by atoms with E-state index in [2.05, 4.69) is 4.72 Å². The summed E-state index contributed by atoms with van der Waals surface area (Å²) in [6, 6.07) is 7.25. The fraction of sp³-hybridized carbons (Fsp3) is 0.517. The molecule has 2 aliphatic rings. The van der Waals surface area contributed by atoms with Crippen molar-refractivity contribution in [1.82, 2.24) is 14.2 Å². The van der Waals surface area contributed by atoms with E-state index in [-0.39, 0.29) is 18.0 Å². The highest BCUT2D eigenvalue weighted by atomic mass is 32.2. The van der Waals surface area contributed by atoms with Gasteiger partial charge < -0.3 is 13.9 Å². The van der Waals surface area contributed by atoms with Crippen LogP contribution in [0, 0.1) is 0 Å². The quantitative estimate of drug-likeness (QED) is 0.450. The molecule has 1 saturated heterocycles. The molecule has 2 fully saturated rings. The molecular formula is C29H37N3O5S. The van der Waals surface area contributed by atoms with E-state index in [0.717, 1.165) is 73.8 Å². The average molecular weight is 540 g/mol. The molecule has 204 valence electrons. The summed E-state index contributed by atoms with van der Waals surface area (Å²) in [6.07, 6.45) is 11.0. The van der Waals surface area contributed by atoms with Crippen molar-refractivity contribution in [3.63, 3.8) is 0 Å². The molecule has 1 aliphatic heterocycles. The number of carbonyl (C=O) groups excluding carboxylic acids is 2. The standard InChI is InChI=1S/C29H37N3O5S/c1-29(2,3)38(35,36)30-28(34)21-11-12-23-24(17-21)32(18-25(33)31-14-7-8-15-31)27(22-13-16-37-19-22)26(23)20-9-5-4-6-10-20/h11-13,16-17,19-20H,4-10,14-15,18H2,1-3H3,(H,30,34). The highest BCUT2D eigenvalue weighted by molar-refractivity contribution is 7.91. The van der Waals surface area contributed by atoms with Crippen LogP contribution in [0.3, 0.4) is 0 Å². The summed E-state index contributed by atoms with van der Waals surface area (Å²) in [4.78, 5) is 28.4. The van der Waals surface area contributed by atoms with Gasteiger partial charge in [-0.3, -0.25) is 9.59 Å². The Morgan fingerprint density at radius 1 is 1.03 bits per heavy atom. The predicted octanol–water partition coefficient (Wildman–Crippen LogP) is 5.43. The van der Waals surface area contributed by atoms with E-state index >= 15 is 0 Å². The number of aromatic nitrogens is 1. The number of benzene rings is 1. The zero-order chi connectivity index (χ0) is 27.1. The fourth-order valence-electron chi connectivity index (χ4n) is 5.73. The van der Waals surface area contributed by atoms with Gasteiger partial charge in [0.25, 0.3) is 5.91 Å². The van der Waals surface area contributed by atoms with E-state index in [0.29, 0.717) is 5.92 Å². The van der Waals surface area contributed by atoms with Crippen LogP contribution in [0.2, 0.25) is 0 Å². The second-order valence-electron chi connectivity index (χ2n) is 11.6. The maximum absolute atomic E-state index is 13.4. The van der Waals surface area contributed by atoms with Crippen molar-refractivity contribution in [2.75, 3.05) is 13.1 Å². The molecule has 1 N–H and O–H groups in total. The van der Waals surface area contributed by atoms with Gasteiger partial charge in [-0.25, -0.2) is 13.1 Å². The molecule has 3 aromatic rings. The molecule has 5 rings (SSSR count). The smallest absolute Gasteiger partial charge is 0.264 e. The first-order valence-corrected chi connectivity index (χ1v) is 15.1. The highest BCUT2D eigenvalue weighted by Gasteiger charge is 2.32. The van der Waals surface area contributed by atoms with E-state index in [4.69, 9.17) is 4.42 Å². The molecule has 1 saturated carbocycles. The third-order valence-electron chi connectivity index (χ3n) is 7.96. The number of sulfonamides is 1. The summed E-state index contributed by atoms with van der Waals surface area (Å²) in [5.74, 6) is -0.297. The second kappa shape index (κ2) is 10.2. The number of fused-ring (bicyclic) bond motifs is 1. The summed E-state index contributed by atoms with van der Waals surface area (Å²) < 4.78 is 34.0. The summed E-state index contributed by atoms with van der Waals surface area (Å²) in [5.41, 5.74) is 4.04.